The number of aromatic amines is 1. The lowest BCUT2D eigenvalue weighted by molar-refractivity contribution is 0.107. The summed E-state index contributed by atoms with van der Waals surface area (Å²) in [7, 11) is 1.73. The minimum atomic E-state index is -0.152. The van der Waals surface area contributed by atoms with Crippen LogP contribution in [0.25, 0.3) is 0 Å². The number of nitrogens with one attached hydrogen (secondary N) is 1. The van der Waals surface area contributed by atoms with Crippen LogP contribution >= 0.6 is 0 Å². The number of rotatable bonds is 5. The fourth-order valence-electron chi connectivity index (χ4n) is 3.25. The van der Waals surface area contributed by atoms with E-state index in [1.807, 2.05) is 19.2 Å². The molecule has 3 rings (SSSR count). The largest absolute Gasteiger partial charge is 0.380 e. The van der Waals surface area contributed by atoms with Gasteiger partial charge in [0.25, 0.3) is 0 Å². The highest BCUT2D eigenvalue weighted by atomic mass is 16.5. The SMILES string of the molecule is CCn1c([C@@H]2C[C@H](OC)CN2Cc2cnccc2C)n[nH]c1=O. The van der Waals surface area contributed by atoms with Crippen molar-refractivity contribution in [3.05, 3.63) is 45.9 Å². The Morgan fingerprint density at radius 2 is 2.30 bits per heavy atom. The summed E-state index contributed by atoms with van der Waals surface area (Å²) in [4.78, 5) is 18.4. The third-order valence-electron chi connectivity index (χ3n) is 4.62. The second kappa shape index (κ2) is 6.64. The zero-order chi connectivity index (χ0) is 16.4. The highest BCUT2D eigenvalue weighted by Gasteiger charge is 2.36. The summed E-state index contributed by atoms with van der Waals surface area (Å²) >= 11 is 0. The van der Waals surface area contributed by atoms with Gasteiger partial charge in [-0.25, -0.2) is 9.89 Å². The summed E-state index contributed by atoms with van der Waals surface area (Å²) < 4.78 is 7.26. The van der Waals surface area contributed by atoms with E-state index in [0.29, 0.717) is 6.54 Å². The molecule has 1 aliphatic heterocycles. The van der Waals surface area contributed by atoms with Crippen molar-refractivity contribution in [2.75, 3.05) is 13.7 Å². The standard InChI is InChI=1S/C16H23N5O2/c1-4-21-15(18-19-16(21)22)14-7-13(23-3)10-20(14)9-12-8-17-6-5-11(12)2/h5-6,8,13-14H,4,7,9-10H2,1-3H3,(H,19,22)/t13-,14-/m0/s1. The molecule has 0 spiro atoms. The summed E-state index contributed by atoms with van der Waals surface area (Å²) in [6, 6.07) is 2.09. The van der Waals surface area contributed by atoms with Gasteiger partial charge >= 0.3 is 5.69 Å². The van der Waals surface area contributed by atoms with Crippen molar-refractivity contribution >= 4 is 0 Å². The van der Waals surface area contributed by atoms with E-state index < -0.39 is 0 Å². The fourth-order valence-corrected chi connectivity index (χ4v) is 3.25. The van der Waals surface area contributed by atoms with Crippen LogP contribution in [0.4, 0.5) is 0 Å². The zero-order valence-electron chi connectivity index (χ0n) is 13.8. The number of hydrogen-bond acceptors (Lipinski definition) is 5. The highest BCUT2D eigenvalue weighted by molar-refractivity contribution is 5.22. The van der Waals surface area contributed by atoms with Crippen LogP contribution in [-0.4, -0.2) is 44.4 Å². The second-order valence-corrected chi connectivity index (χ2v) is 5.97. The van der Waals surface area contributed by atoms with Gasteiger partial charge in [0.05, 0.1) is 12.1 Å². The van der Waals surface area contributed by atoms with Crippen LogP contribution in [0.15, 0.2) is 23.3 Å². The Morgan fingerprint density at radius 1 is 1.48 bits per heavy atom. The normalized spacial score (nSPS) is 21.9. The number of ether oxygens (including phenoxy) is 1. The van der Waals surface area contributed by atoms with E-state index in [2.05, 4.69) is 27.0 Å². The molecule has 23 heavy (non-hydrogen) atoms. The smallest absolute Gasteiger partial charge is 0.343 e. The number of hydrogen-bond donors (Lipinski definition) is 1. The maximum Gasteiger partial charge on any atom is 0.343 e. The Hall–Kier alpha value is -1.99. The van der Waals surface area contributed by atoms with E-state index in [4.69, 9.17) is 4.74 Å². The minimum absolute atomic E-state index is 0.0680. The van der Waals surface area contributed by atoms with Gasteiger partial charge in [0.15, 0.2) is 5.82 Å². The van der Waals surface area contributed by atoms with Gasteiger partial charge in [0.1, 0.15) is 0 Å². The van der Waals surface area contributed by atoms with E-state index in [0.717, 1.165) is 25.3 Å². The number of aryl methyl sites for hydroxylation is 1. The van der Waals surface area contributed by atoms with Crippen LogP contribution in [0.2, 0.25) is 0 Å². The summed E-state index contributed by atoms with van der Waals surface area (Å²) in [5.41, 5.74) is 2.26. The molecule has 0 aromatic carbocycles. The molecule has 7 heteroatoms. The Morgan fingerprint density at radius 3 is 3.00 bits per heavy atom. The lowest BCUT2D eigenvalue weighted by Gasteiger charge is -2.24. The van der Waals surface area contributed by atoms with E-state index in [1.165, 1.54) is 11.1 Å². The van der Waals surface area contributed by atoms with Crippen LogP contribution in [0.1, 0.15) is 36.3 Å². The molecule has 0 radical (unpaired) electrons. The van der Waals surface area contributed by atoms with E-state index in [1.54, 1.807) is 17.9 Å². The number of nitrogens with zero attached hydrogens (tertiary/aromatic N) is 4. The topological polar surface area (TPSA) is 76.0 Å². The summed E-state index contributed by atoms with van der Waals surface area (Å²) in [5.74, 6) is 0.790. The van der Waals surface area contributed by atoms with Gasteiger partial charge in [0, 0.05) is 39.1 Å². The van der Waals surface area contributed by atoms with E-state index in [-0.39, 0.29) is 17.8 Å². The fraction of sp³-hybridized carbons (Fsp3) is 0.562. The van der Waals surface area contributed by atoms with E-state index in [9.17, 15) is 4.79 Å². The molecule has 1 saturated heterocycles. The molecule has 0 amide bonds. The molecule has 2 aromatic heterocycles. The molecule has 3 heterocycles. The van der Waals surface area contributed by atoms with Gasteiger partial charge in [-0.1, -0.05) is 0 Å². The number of H-pyrrole nitrogens is 1. The molecule has 0 unspecified atom stereocenters. The predicted octanol–water partition coefficient (Wildman–Crippen LogP) is 1.26. The molecular weight excluding hydrogens is 294 g/mol. The minimum Gasteiger partial charge on any atom is -0.380 e. The van der Waals surface area contributed by atoms with Gasteiger partial charge in [0.2, 0.25) is 0 Å². The van der Waals surface area contributed by atoms with Crippen molar-refractivity contribution in [1.29, 1.82) is 0 Å². The third-order valence-corrected chi connectivity index (χ3v) is 4.62. The average molecular weight is 317 g/mol. The molecule has 2 atom stereocenters. The third kappa shape index (κ3) is 3.07. The van der Waals surface area contributed by atoms with Crippen molar-refractivity contribution in [1.82, 2.24) is 24.6 Å². The van der Waals surface area contributed by atoms with Gasteiger partial charge in [-0.05, 0) is 37.5 Å². The van der Waals surface area contributed by atoms with Gasteiger partial charge in [-0.2, -0.15) is 5.10 Å². The van der Waals surface area contributed by atoms with Crippen LogP contribution in [0.3, 0.4) is 0 Å². The quantitative estimate of drug-likeness (QED) is 0.898. The highest BCUT2D eigenvalue weighted by Crippen LogP contribution is 2.33. The molecule has 7 nitrogen and oxygen atoms in total. The van der Waals surface area contributed by atoms with Gasteiger partial charge in [-0.15, -0.1) is 0 Å². The van der Waals surface area contributed by atoms with Crippen molar-refractivity contribution in [3.8, 4) is 0 Å². The predicted molar refractivity (Wildman–Crippen MR) is 86.1 cm³/mol. The average Bonchev–Trinajstić information content (AvgIpc) is 3.12. The first kappa shape index (κ1) is 15.9. The molecule has 0 aliphatic carbocycles. The van der Waals surface area contributed by atoms with Crippen LogP contribution in [-0.2, 0) is 17.8 Å². The maximum atomic E-state index is 11.9. The molecule has 1 fully saturated rings. The molecule has 2 aromatic rings. The Kier molecular flexibility index (Phi) is 4.58. The first-order valence-electron chi connectivity index (χ1n) is 7.95. The molecule has 0 bridgehead atoms. The molecular formula is C16H23N5O2. The van der Waals surface area contributed by atoms with Gasteiger partial charge < -0.3 is 4.74 Å². The number of methoxy groups -OCH3 is 1. The monoisotopic (exact) mass is 317 g/mol. The van der Waals surface area contributed by atoms with Crippen molar-refractivity contribution < 1.29 is 4.74 Å². The number of likely N-dealkylation sites (tertiary alicyclic amines) is 1. The summed E-state index contributed by atoms with van der Waals surface area (Å²) in [5, 5.41) is 6.84. The Balaban J connectivity index is 1.90. The number of pyridine rings is 1. The van der Waals surface area contributed by atoms with Crippen molar-refractivity contribution in [3.63, 3.8) is 0 Å². The van der Waals surface area contributed by atoms with E-state index >= 15 is 0 Å². The Bertz CT molecular complexity index is 723. The Labute approximate surface area is 135 Å². The first-order valence-corrected chi connectivity index (χ1v) is 7.95. The zero-order valence-corrected chi connectivity index (χ0v) is 13.8. The molecule has 0 saturated carbocycles. The molecule has 1 aliphatic rings. The van der Waals surface area contributed by atoms with Crippen LogP contribution in [0.5, 0.6) is 0 Å². The second-order valence-electron chi connectivity index (χ2n) is 5.97. The summed E-state index contributed by atoms with van der Waals surface area (Å²) in [6.45, 7) is 6.25. The van der Waals surface area contributed by atoms with Gasteiger partial charge in [-0.3, -0.25) is 14.5 Å². The molecule has 1 N–H and O–H groups in total. The maximum absolute atomic E-state index is 11.9. The van der Waals surface area contributed by atoms with Crippen LogP contribution in [0, 0.1) is 6.92 Å². The number of aromatic nitrogens is 4. The van der Waals surface area contributed by atoms with Crippen LogP contribution < -0.4 is 5.69 Å². The van der Waals surface area contributed by atoms with Crippen molar-refractivity contribution in [2.45, 2.75) is 45.5 Å². The van der Waals surface area contributed by atoms with Crippen molar-refractivity contribution in [2.24, 2.45) is 0 Å². The summed E-state index contributed by atoms with van der Waals surface area (Å²) in [6.07, 6.45) is 4.69. The lowest BCUT2D eigenvalue weighted by atomic mass is 10.1. The molecule has 124 valence electrons. The lowest BCUT2D eigenvalue weighted by Crippen LogP contribution is -2.28. The first-order chi connectivity index (χ1) is 11.1.